The highest BCUT2D eigenvalue weighted by atomic mass is 19.3. The second-order valence-corrected chi connectivity index (χ2v) is 8.16. The van der Waals surface area contributed by atoms with E-state index in [4.69, 9.17) is 4.74 Å². The summed E-state index contributed by atoms with van der Waals surface area (Å²) in [5, 5.41) is 19.1. The largest absolute Gasteiger partial charge is 0.472 e. The van der Waals surface area contributed by atoms with Crippen molar-refractivity contribution < 1.29 is 23.0 Å². The lowest BCUT2D eigenvalue weighted by Gasteiger charge is -2.34. The van der Waals surface area contributed by atoms with Crippen molar-refractivity contribution in [3.8, 4) is 17.1 Å². The average Bonchev–Trinajstić information content (AvgIpc) is 3.29. The normalized spacial score (nSPS) is 16.6. The van der Waals surface area contributed by atoms with Crippen LogP contribution in [-0.4, -0.2) is 36.7 Å². The van der Waals surface area contributed by atoms with Crippen LogP contribution in [-0.2, 0) is 13.6 Å². The van der Waals surface area contributed by atoms with Gasteiger partial charge in [-0.05, 0) is 43.2 Å². The Morgan fingerprint density at radius 1 is 1.28 bits per heavy atom. The van der Waals surface area contributed by atoms with Gasteiger partial charge in [-0.25, -0.2) is 13.2 Å². The van der Waals surface area contributed by atoms with E-state index in [1.807, 2.05) is 6.92 Å². The minimum Gasteiger partial charge on any atom is -0.472 e. The van der Waals surface area contributed by atoms with E-state index < -0.39 is 23.9 Å². The molecule has 3 aromatic rings. The SMILES string of the molecule is C=C(c1cn(CC)nc1OC1CC(F)(F)C1)c1cn(C)nc1-c1ccc(F)cc1[C@@H](C)O. The molecule has 9 heteroatoms. The lowest BCUT2D eigenvalue weighted by molar-refractivity contribution is -0.135. The van der Waals surface area contributed by atoms with Gasteiger partial charge in [0.15, 0.2) is 0 Å². The fourth-order valence-electron chi connectivity index (χ4n) is 3.86. The topological polar surface area (TPSA) is 65.1 Å². The molecule has 170 valence electrons. The summed E-state index contributed by atoms with van der Waals surface area (Å²) in [6.07, 6.45) is 1.31. The zero-order chi connectivity index (χ0) is 23.2. The third-order valence-corrected chi connectivity index (χ3v) is 5.58. The van der Waals surface area contributed by atoms with E-state index in [2.05, 4.69) is 16.8 Å². The third-order valence-electron chi connectivity index (χ3n) is 5.58. The Hall–Kier alpha value is -3.07. The van der Waals surface area contributed by atoms with Gasteiger partial charge in [0.05, 0.1) is 11.7 Å². The van der Waals surface area contributed by atoms with Crippen molar-refractivity contribution in [1.29, 1.82) is 0 Å². The van der Waals surface area contributed by atoms with E-state index in [-0.39, 0.29) is 18.7 Å². The molecular weight excluding hydrogens is 421 g/mol. The van der Waals surface area contributed by atoms with Gasteiger partial charge in [-0.3, -0.25) is 9.36 Å². The Bertz CT molecular complexity index is 1160. The summed E-state index contributed by atoms with van der Waals surface area (Å²) in [5.41, 5.74) is 3.23. The van der Waals surface area contributed by atoms with Crippen LogP contribution in [0.5, 0.6) is 5.88 Å². The predicted octanol–water partition coefficient (Wildman–Crippen LogP) is 4.73. The minimum absolute atomic E-state index is 0.238. The van der Waals surface area contributed by atoms with E-state index in [1.54, 1.807) is 41.8 Å². The van der Waals surface area contributed by atoms with Gasteiger partial charge in [-0.1, -0.05) is 6.58 Å². The smallest absolute Gasteiger partial charge is 0.255 e. The molecule has 0 radical (unpaired) electrons. The fraction of sp³-hybridized carbons (Fsp3) is 0.391. The van der Waals surface area contributed by atoms with Crippen molar-refractivity contribution in [2.75, 3.05) is 0 Å². The first kappa shape index (κ1) is 22.1. The monoisotopic (exact) mass is 446 g/mol. The van der Waals surface area contributed by atoms with E-state index in [1.165, 1.54) is 12.1 Å². The summed E-state index contributed by atoms with van der Waals surface area (Å²) in [4.78, 5) is 0. The van der Waals surface area contributed by atoms with Crippen LogP contribution >= 0.6 is 0 Å². The molecule has 2 aromatic heterocycles. The maximum atomic E-state index is 13.8. The van der Waals surface area contributed by atoms with Crippen molar-refractivity contribution >= 4 is 5.57 Å². The highest BCUT2D eigenvalue weighted by Gasteiger charge is 2.47. The molecule has 2 heterocycles. The quantitative estimate of drug-likeness (QED) is 0.570. The van der Waals surface area contributed by atoms with Gasteiger partial charge in [0.25, 0.3) is 5.92 Å². The van der Waals surface area contributed by atoms with Gasteiger partial charge in [0.1, 0.15) is 17.6 Å². The summed E-state index contributed by atoms with van der Waals surface area (Å²) in [5.74, 6) is -2.92. The van der Waals surface area contributed by atoms with Gasteiger partial charge in [-0.2, -0.15) is 5.10 Å². The Kier molecular flexibility index (Phi) is 5.62. The molecule has 32 heavy (non-hydrogen) atoms. The number of ether oxygens (including phenoxy) is 1. The molecule has 0 saturated heterocycles. The van der Waals surface area contributed by atoms with Crippen molar-refractivity contribution in [2.45, 2.75) is 51.4 Å². The third kappa shape index (κ3) is 4.17. The number of rotatable bonds is 7. The van der Waals surface area contributed by atoms with Crippen LogP contribution < -0.4 is 4.74 Å². The summed E-state index contributed by atoms with van der Waals surface area (Å²) in [6, 6.07) is 4.16. The number of hydrogen-bond acceptors (Lipinski definition) is 4. The first-order valence-corrected chi connectivity index (χ1v) is 10.4. The Balaban J connectivity index is 1.74. The highest BCUT2D eigenvalue weighted by Crippen LogP contribution is 2.42. The molecule has 0 aliphatic heterocycles. The molecular formula is C23H25F3N4O2. The number of alkyl halides is 2. The van der Waals surface area contributed by atoms with Crippen molar-refractivity contribution in [3.05, 3.63) is 59.7 Å². The van der Waals surface area contributed by atoms with E-state index in [0.717, 1.165) is 0 Å². The molecule has 0 unspecified atom stereocenters. The molecule has 1 aromatic carbocycles. The van der Waals surface area contributed by atoms with Gasteiger partial charge in [-0.15, -0.1) is 5.10 Å². The molecule has 1 saturated carbocycles. The standard InChI is InChI=1S/C23H25F3N4O2/c1-5-30-12-20(22(28-30)32-16-9-23(25,26)10-16)13(2)19-11-29(4)27-21(19)17-7-6-15(24)8-18(17)14(3)31/h6-8,11-12,14,16,31H,2,5,9-10H2,1,3-4H3/t14-/m1/s1. The molecule has 1 aliphatic rings. The number of aliphatic hydroxyl groups is 1. The molecule has 1 aliphatic carbocycles. The molecule has 0 amide bonds. The second-order valence-electron chi connectivity index (χ2n) is 8.16. The van der Waals surface area contributed by atoms with Crippen molar-refractivity contribution in [3.63, 3.8) is 0 Å². The number of halogens is 3. The Morgan fingerprint density at radius 2 is 2.00 bits per heavy atom. The van der Waals surface area contributed by atoms with Crippen LogP contribution in [0, 0.1) is 5.82 Å². The van der Waals surface area contributed by atoms with Crippen LogP contribution in [0.2, 0.25) is 0 Å². The van der Waals surface area contributed by atoms with Gasteiger partial charge in [0.2, 0.25) is 5.88 Å². The summed E-state index contributed by atoms with van der Waals surface area (Å²) in [7, 11) is 1.75. The number of aromatic nitrogens is 4. The maximum absolute atomic E-state index is 13.8. The van der Waals surface area contributed by atoms with Crippen LogP contribution in [0.3, 0.4) is 0 Å². The molecule has 0 bridgehead atoms. The number of aryl methyl sites for hydroxylation is 2. The summed E-state index contributed by atoms with van der Waals surface area (Å²) in [6.45, 7) is 8.23. The Labute approximate surface area is 183 Å². The van der Waals surface area contributed by atoms with Crippen LogP contribution in [0.4, 0.5) is 13.2 Å². The van der Waals surface area contributed by atoms with Gasteiger partial charge < -0.3 is 9.84 Å². The fourth-order valence-corrected chi connectivity index (χ4v) is 3.86. The van der Waals surface area contributed by atoms with E-state index in [9.17, 15) is 18.3 Å². The zero-order valence-electron chi connectivity index (χ0n) is 18.1. The van der Waals surface area contributed by atoms with Crippen LogP contribution in [0.25, 0.3) is 16.8 Å². The predicted molar refractivity (Wildman–Crippen MR) is 114 cm³/mol. The van der Waals surface area contributed by atoms with Crippen LogP contribution in [0.1, 0.15) is 49.5 Å². The summed E-state index contributed by atoms with van der Waals surface area (Å²) >= 11 is 0. The highest BCUT2D eigenvalue weighted by molar-refractivity contribution is 5.88. The molecule has 6 nitrogen and oxygen atoms in total. The van der Waals surface area contributed by atoms with Crippen molar-refractivity contribution in [1.82, 2.24) is 19.6 Å². The number of aliphatic hydroxyl groups excluding tert-OH is 1. The average molecular weight is 446 g/mol. The minimum atomic E-state index is -2.70. The molecule has 1 fully saturated rings. The Morgan fingerprint density at radius 3 is 2.62 bits per heavy atom. The van der Waals surface area contributed by atoms with Crippen molar-refractivity contribution in [2.24, 2.45) is 7.05 Å². The number of nitrogens with zero attached hydrogens (tertiary/aromatic N) is 4. The zero-order valence-corrected chi connectivity index (χ0v) is 18.1. The van der Waals surface area contributed by atoms with E-state index >= 15 is 0 Å². The number of benzene rings is 1. The lowest BCUT2D eigenvalue weighted by atomic mass is 9.91. The lowest BCUT2D eigenvalue weighted by Crippen LogP contribution is -2.43. The van der Waals surface area contributed by atoms with Gasteiger partial charge >= 0.3 is 0 Å². The van der Waals surface area contributed by atoms with Crippen LogP contribution in [0.15, 0.2) is 37.2 Å². The molecule has 1 atom stereocenters. The number of hydrogen-bond donors (Lipinski definition) is 1. The second kappa shape index (κ2) is 8.12. The van der Waals surface area contributed by atoms with Gasteiger partial charge in [0, 0.05) is 50.0 Å². The summed E-state index contributed by atoms with van der Waals surface area (Å²) < 4.78 is 49.4. The molecule has 0 spiro atoms. The first-order valence-electron chi connectivity index (χ1n) is 10.4. The van der Waals surface area contributed by atoms with E-state index in [0.29, 0.717) is 40.1 Å². The maximum Gasteiger partial charge on any atom is 0.255 e. The molecule has 1 N–H and O–H groups in total. The molecule has 4 rings (SSSR count). The first-order chi connectivity index (χ1) is 15.1.